The molecule has 1 heterocycles. The summed E-state index contributed by atoms with van der Waals surface area (Å²) in [5, 5.41) is 0. The molecule has 0 bridgehead atoms. The van der Waals surface area contributed by atoms with Crippen LogP contribution in [0.15, 0.2) is 86.2 Å². The molecule has 3 rings (SSSR count). The molecule has 0 aliphatic rings. The molecule has 2 aromatic carbocycles. The van der Waals surface area contributed by atoms with Crippen molar-refractivity contribution in [1.29, 1.82) is 0 Å². The minimum atomic E-state index is -4.06. The van der Waals surface area contributed by atoms with Gasteiger partial charge in [-0.3, -0.25) is 9.36 Å². The SMILES string of the molecule is CCCCn1cc(S(=O)(=O)c2ccccc2)c(=O)n(-c2ccccc2)c1=O. The number of nitrogens with zero attached hydrogens (tertiary/aromatic N) is 2. The Morgan fingerprint density at radius 2 is 1.48 bits per heavy atom. The van der Waals surface area contributed by atoms with E-state index < -0.39 is 26.0 Å². The average molecular weight is 384 g/mol. The molecular formula is C20H20N2O4S. The zero-order valence-corrected chi connectivity index (χ0v) is 15.7. The van der Waals surface area contributed by atoms with Crippen LogP contribution < -0.4 is 11.2 Å². The van der Waals surface area contributed by atoms with Gasteiger partial charge in [-0.25, -0.2) is 17.8 Å². The van der Waals surface area contributed by atoms with E-state index in [0.29, 0.717) is 18.7 Å². The van der Waals surface area contributed by atoms with Crippen molar-refractivity contribution in [2.75, 3.05) is 0 Å². The van der Waals surface area contributed by atoms with Crippen LogP contribution in [0, 0.1) is 0 Å². The summed E-state index contributed by atoms with van der Waals surface area (Å²) in [5.74, 6) is 0. The lowest BCUT2D eigenvalue weighted by Crippen LogP contribution is -2.41. The molecule has 7 heteroatoms. The van der Waals surface area contributed by atoms with Crippen LogP contribution in [0.4, 0.5) is 0 Å². The summed E-state index contributed by atoms with van der Waals surface area (Å²) in [7, 11) is -4.06. The van der Waals surface area contributed by atoms with Crippen LogP contribution in [0.1, 0.15) is 19.8 Å². The molecule has 0 unspecified atom stereocenters. The van der Waals surface area contributed by atoms with E-state index in [4.69, 9.17) is 0 Å². The van der Waals surface area contributed by atoms with Gasteiger partial charge in [0, 0.05) is 12.7 Å². The summed E-state index contributed by atoms with van der Waals surface area (Å²) in [4.78, 5) is 25.5. The van der Waals surface area contributed by atoms with E-state index in [1.54, 1.807) is 48.5 Å². The average Bonchev–Trinajstić information content (AvgIpc) is 2.69. The molecule has 1 aromatic heterocycles. The third-order valence-electron chi connectivity index (χ3n) is 4.23. The van der Waals surface area contributed by atoms with Crippen LogP contribution in [-0.2, 0) is 16.4 Å². The number of benzene rings is 2. The maximum atomic E-state index is 13.0. The fourth-order valence-corrected chi connectivity index (χ4v) is 4.14. The number of hydrogen-bond donors (Lipinski definition) is 0. The highest BCUT2D eigenvalue weighted by molar-refractivity contribution is 7.91. The molecule has 0 radical (unpaired) electrons. The fourth-order valence-electron chi connectivity index (χ4n) is 2.78. The van der Waals surface area contributed by atoms with Crippen molar-refractivity contribution in [2.24, 2.45) is 0 Å². The van der Waals surface area contributed by atoms with Gasteiger partial charge in [-0.15, -0.1) is 0 Å². The zero-order valence-electron chi connectivity index (χ0n) is 14.9. The van der Waals surface area contributed by atoms with Crippen LogP contribution in [0.3, 0.4) is 0 Å². The lowest BCUT2D eigenvalue weighted by Gasteiger charge is -2.13. The molecule has 0 saturated carbocycles. The lowest BCUT2D eigenvalue weighted by molar-refractivity contribution is 0.558. The molecule has 0 N–H and O–H groups in total. The molecule has 0 atom stereocenters. The van der Waals surface area contributed by atoms with Gasteiger partial charge in [0.2, 0.25) is 9.84 Å². The Hall–Kier alpha value is -2.93. The second-order valence-corrected chi connectivity index (χ2v) is 8.03. The number of rotatable bonds is 6. The first-order valence-corrected chi connectivity index (χ1v) is 10.2. The number of unbranched alkanes of at least 4 members (excludes halogenated alkanes) is 1. The second kappa shape index (κ2) is 7.75. The number of para-hydroxylation sites is 1. The highest BCUT2D eigenvalue weighted by Crippen LogP contribution is 2.17. The Morgan fingerprint density at radius 3 is 2.07 bits per heavy atom. The summed E-state index contributed by atoms with van der Waals surface area (Å²) < 4.78 is 28.3. The molecule has 0 saturated heterocycles. The van der Waals surface area contributed by atoms with Crippen molar-refractivity contribution in [3.05, 3.63) is 87.7 Å². The predicted octanol–water partition coefficient (Wildman–Crippen LogP) is 2.63. The maximum absolute atomic E-state index is 13.0. The first kappa shape index (κ1) is 18.8. The standard InChI is InChI=1S/C20H20N2O4S/c1-2-3-14-21-15-18(27(25,26)17-12-8-5-9-13-17)19(23)22(20(21)24)16-10-6-4-7-11-16/h4-13,15H,2-3,14H2,1H3. The molecule has 0 aliphatic heterocycles. The minimum Gasteiger partial charge on any atom is -0.299 e. The summed E-state index contributed by atoms with van der Waals surface area (Å²) in [5.41, 5.74) is -1.06. The van der Waals surface area contributed by atoms with Crippen LogP contribution in [0.25, 0.3) is 5.69 Å². The molecule has 0 fully saturated rings. The van der Waals surface area contributed by atoms with Gasteiger partial charge < -0.3 is 0 Å². The third-order valence-corrected chi connectivity index (χ3v) is 5.99. The van der Waals surface area contributed by atoms with Crippen molar-refractivity contribution in [2.45, 2.75) is 36.1 Å². The van der Waals surface area contributed by atoms with E-state index in [-0.39, 0.29) is 4.90 Å². The fraction of sp³-hybridized carbons (Fsp3) is 0.200. The molecule has 6 nitrogen and oxygen atoms in total. The van der Waals surface area contributed by atoms with E-state index in [0.717, 1.165) is 11.0 Å². The second-order valence-electron chi connectivity index (χ2n) is 6.12. The number of aryl methyl sites for hydroxylation is 1. The Bertz CT molecular complexity index is 1150. The molecular weight excluding hydrogens is 364 g/mol. The Kier molecular flexibility index (Phi) is 5.41. The Labute approximate surface area is 157 Å². The number of hydrogen-bond acceptors (Lipinski definition) is 4. The van der Waals surface area contributed by atoms with Gasteiger partial charge >= 0.3 is 5.69 Å². The van der Waals surface area contributed by atoms with Crippen molar-refractivity contribution < 1.29 is 8.42 Å². The van der Waals surface area contributed by atoms with Crippen LogP contribution in [0.5, 0.6) is 0 Å². The van der Waals surface area contributed by atoms with E-state index in [2.05, 4.69) is 0 Å². The maximum Gasteiger partial charge on any atom is 0.335 e. The summed E-state index contributed by atoms with van der Waals surface area (Å²) >= 11 is 0. The van der Waals surface area contributed by atoms with Gasteiger partial charge in [0.15, 0.2) is 4.90 Å². The van der Waals surface area contributed by atoms with Crippen molar-refractivity contribution in [3.8, 4) is 5.69 Å². The molecule has 3 aromatic rings. The molecule has 0 aliphatic carbocycles. The molecule has 140 valence electrons. The van der Waals surface area contributed by atoms with Crippen LogP contribution in [0.2, 0.25) is 0 Å². The normalized spacial score (nSPS) is 11.4. The first-order chi connectivity index (χ1) is 13.0. The lowest BCUT2D eigenvalue weighted by atomic mass is 10.3. The highest BCUT2D eigenvalue weighted by atomic mass is 32.2. The Balaban J connectivity index is 2.32. The summed E-state index contributed by atoms with van der Waals surface area (Å²) in [6.07, 6.45) is 2.69. The minimum absolute atomic E-state index is 0.0161. The molecule has 27 heavy (non-hydrogen) atoms. The summed E-state index contributed by atoms with van der Waals surface area (Å²) in [6.45, 7) is 2.31. The summed E-state index contributed by atoms with van der Waals surface area (Å²) in [6, 6.07) is 16.1. The van der Waals surface area contributed by atoms with Crippen LogP contribution >= 0.6 is 0 Å². The van der Waals surface area contributed by atoms with Gasteiger partial charge in [-0.05, 0) is 30.7 Å². The van der Waals surface area contributed by atoms with Crippen molar-refractivity contribution in [1.82, 2.24) is 9.13 Å². The topological polar surface area (TPSA) is 78.1 Å². The third kappa shape index (κ3) is 3.64. The Morgan fingerprint density at radius 1 is 0.889 bits per heavy atom. The smallest absolute Gasteiger partial charge is 0.299 e. The number of aromatic nitrogens is 2. The van der Waals surface area contributed by atoms with Crippen molar-refractivity contribution >= 4 is 9.84 Å². The largest absolute Gasteiger partial charge is 0.335 e. The van der Waals surface area contributed by atoms with Gasteiger partial charge in [-0.2, -0.15) is 0 Å². The highest BCUT2D eigenvalue weighted by Gasteiger charge is 2.25. The first-order valence-electron chi connectivity index (χ1n) is 8.69. The van der Waals surface area contributed by atoms with E-state index in [9.17, 15) is 18.0 Å². The molecule has 0 amide bonds. The molecule has 0 spiro atoms. The quantitative estimate of drug-likeness (QED) is 0.654. The van der Waals surface area contributed by atoms with E-state index in [1.165, 1.54) is 22.9 Å². The predicted molar refractivity (Wildman–Crippen MR) is 103 cm³/mol. The van der Waals surface area contributed by atoms with Gasteiger partial charge in [0.1, 0.15) is 0 Å². The monoisotopic (exact) mass is 384 g/mol. The van der Waals surface area contributed by atoms with Gasteiger partial charge in [0.05, 0.1) is 10.6 Å². The van der Waals surface area contributed by atoms with Gasteiger partial charge in [-0.1, -0.05) is 49.7 Å². The van der Waals surface area contributed by atoms with E-state index in [1.807, 2.05) is 6.92 Å². The van der Waals surface area contributed by atoms with Crippen molar-refractivity contribution in [3.63, 3.8) is 0 Å². The zero-order chi connectivity index (χ0) is 19.4. The van der Waals surface area contributed by atoms with E-state index >= 15 is 0 Å². The van der Waals surface area contributed by atoms with Gasteiger partial charge in [0.25, 0.3) is 5.56 Å². The number of sulfone groups is 1. The van der Waals surface area contributed by atoms with Crippen LogP contribution in [-0.4, -0.2) is 17.6 Å².